The van der Waals surface area contributed by atoms with Crippen LogP contribution in [0.25, 0.3) is 0 Å². The Morgan fingerprint density at radius 2 is 2.05 bits per heavy atom. The molecule has 1 fully saturated rings. The maximum atomic E-state index is 13.6. The summed E-state index contributed by atoms with van der Waals surface area (Å²) >= 11 is 3.09. The lowest BCUT2D eigenvalue weighted by Gasteiger charge is -2.08. The van der Waals surface area contributed by atoms with Crippen LogP contribution in [0.1, 0.15) is 19.3 Å². The van der Waals surface area contributed by atoms with Gasteiger partial charge in [0.15, 0.2) is 0 Å². The van der Waals surface area contributed by atoms with Crippen molar-refractivity contribution in [2.24, 2.45) is 0 Å². The van der Waals surface area contributed by atoms with E-state index >= 15 is 0 Å². The number of hydrogen-bond donors (Lipinski definition) is 2. The van der Waals surface area contributed by atoms with Gasteiger partial charge in [-0.05, 0) is 44.0 Å². The minimum atomic E-state index is -3.77. The number of halogens is 2. The molecular weight excluding hydrogens is 335 g/mol. The van der Waals surface area contributed by atoms with Crippen molar-refractivity contribution in [3.05, 3.63) is 28.5 Å². The van der Waals surface area contributed by atoms with Gasteiger partial charge in [0.2, 0.25) is 10.0 Å². The van der Waals surface area contributed by atoms with E-state index < -0.39 is 15.8 Å². The number of nitrogens with one attached hydrogen (secondary N) is 2. The number of hydrogen-bond acceptors (Lipinski definition) is 3. The third-order valence-electron chi connectivity index (χ3n) is 2.84. The number of sulfonamides is 1. The maximum Gasteiger partial charge on any atom is 0.243 e. The highest BCUT2D eigenvalue weighted by Gasteiger charge is 2.20. The number of rotatable bonds is 7. The van der Waals surface area contributed by atoms with Gasteiger partial charge >= 0.3 is 0 Å². The molecule has 0 spiro atoms. The zero-order chi connectivity index (χ0) is 13.9. The summed E-state index contributed by atoms with van der Waals surface area (Å²) in [6.07, 6.45) is 3.10. The Kier molecular flexibility index (Phi) is 4.94. The SMILES string of the molecule is O=S(=O)(NCCCNC1CC1)c1ccc(Br)cc1F. The van der Waals surface area contributed by atoms with Crippen molar-refractivity contribution in [2.45, 2.75) is 30.2 Å². The average Bonchev–Trinajstić information content (AvgIpc) is 3.11. The van der Waals surface area contributed by atoms with Crippen LogP contribution in [-0.2, 0) is 10.0 Å². The van der Waals surface area contributed by atoms with E-state index in [0.29, 0.717) is 23.5 Å². The van der Waals surface area contributed by atoms with Crippen LogP contribution < -0.4 is 10.0 Å². The van der Waals surface area contributed by atoms with Gasteiger partial charge in [0.25, 0.3) is 0 Å². The van der Waals surface area contributed by atoms with E-state index in [2.05, 4.69) is 26.0 Å². The molecule has 4 nitrogen and oxygen atoms in total. The first kappa shape index (κ1) is 14.9. The van der Waals surface area contributed by atoms with Crippen molar-refractivity contribution in [3.63, 3.8) is 0 Å². The van der Waals surface area contributed by atoms with Crippen LogP contribution >= 0.6 is 15.9 Å². The molecule has 0 amide bonds. The van der Waals surface area contributed by atoms with Gasteiger partial charge in [-0.25, -0.2) is 17.5 Å². The molecule has 0 atom stereocenters. The fourth-order valence-corrected chi connectivity index (χ4v) is 3.12. The van der Waals surface area contributed by atoms with Gasteiger partial charge in [0.1, 0.15) is 10.7 Å². The second-order valence-corrected chi connectivity index (χ2v) is 7.21. The third-order valence-corrected chi connectivity index (χ3v) is 4.83. The smallest absolute Gasteiger partial charge is 0.243 e. The van der Waals surface area contributed by atoms with Gasteiger partial charge < -0.3 is 5.32 Å². The van der Waals surface area contributed by atoms with E-state index in [1.807, 2.05) is 0 Å². The minimum Gasteiger partial charge on any atom is -0.314 e. The molecule has 2 N–H and O–H groups in total. The van der Waals surface area contributed by atoms with Crippen molar-refractivity contribution < 1.29 is 12.8 Å². The van der Waals surface area contributed by atoms with Crippen LogP contribution in [0.2, 0.25) is 0 Å². The summed E-state index contributed by atoms with van der Waals surface area (Å²) in [4.78, 5) is -0.314. The van der Waals surface area contributed by atoms with Crippen LogP contribution in [0.3, 0.4) is 0 Å². The summed E-state index contributed by atoms with van der Waals surface area (Å²) in [6, 6.07) is 4.51. The predicted octanol–water partition coefficient (Wildman–Crippen LogP) is 2.01. The van der Waals surface area contributed by atoms with Crippen molar-refractivity contribution in [2.75, 3.05) is 13.1 Å². The van der Waals surface area contributed by atoms with Gasteiger partial charge in [-0.2, -0.15) is 0 Å². The second-order valence-electron chi connectivity index (χ2n) is 4.55. The topological polar surface area (TPSA) is 58.2 Å². The summed E-state index contributed by atoms with van der Waals surface area (Å²) in [5, 5.41) is 3.29. The molecule has 19 heavy (non-hydrogen) atoms. The quantitative estimate of drug-likeness (QED) is 0.739. The van der Waals surface area contributed by atoms with E-state index in [0.717, 1.165) is 12.6 Å². The summed E-state index contributed by atoms with van der Waals surface area (Å²) < 4.78 is 40.3. The van der Waals surface area contributed by atoms with Gasteiger partial charge in [-0.1, -0.05) is 15.9 Å². The van der Waals surface area contributed by atoms with E-state index in [1.54, 1.807) is 0 Å². The summed E-state index contributed by atoms with van der Waals surface area (Å²) in [5.74, 6) is -0.752. The predicted molar refractivity (Wildman–Crippen MR) is 74.9 cm³/mol. The van der Waals surface area contributed by atoms with Crippen LogP contribution in [0, 0.1) is 5.82 Å². The van der Waals surface area contributed by atoms with E-state index in [4.69, 9.17) is 0 Å². The third kappa shape index (κ3) is 4.52. The minimum absolute atomic E-state index is 0.303. The van der Waals surface area contributed by atoms with Gasteiger partial charge in [-0.15, -0.1) is 0 Å². The first-order chi connectivity index (χ1) is 8.99. The van der Waals surface area contributed by atoms with Crippen molar-refractivity contribution in [1.82, 2.24) is 10.0 Å². The summed E-state index contributed by atoms with van der Waals surface area (Å²) in [5.41, 5.74) is 0. The highest BCUT2D eigenvalue weighted by atomic mass is 79.9. The highest BCUT2D eigenvalue weighted by Crippen LogP contribution is 2.19. The van der Waals surface area contributed by atoms with Gasteiger partial charge in [0.05, 0.1) is 0 Å². The van der Waals surface area contributed by atoms with E-state index in [-0.39, 0.29) is 4.90 Å². The molecule has 0 bridgehead atoms. The molecule has 1 aromatic carbocycles. The van der Waals surface area contributed by atoms with Crippen LogP contribution in [-0.4, -0.2) is 27.5 Å². The first-order valence-corrected chi connectivity index (χ1v) is 8.45. The largest absolute Gasteiger partial charge is 0.314 e. The lowest BCUT2D eigenvalue weighted by molar-refractivity contribution is 0.552. The Balaban J connectivity index is 1.86. The normalized spacial score (nSPS) is 15.7. The Labute approximate surface area is 121 Å². The van der Waals surface area contributed by atoms with Crippen LogP contribution in [0.5, 0.6) is 0 Å². The van der Waals surface area contributed by atoms with Crippen molar-refractivity contribution in [3.8, 4) is 0 Å². The Morgan fingerprint density at radius 3 is 2.68 bits per heavy atom. The van der Waals surface area contributed by atoms with Gasteiger partial charge in [0, 0.05) is 17.1 Å². The van der Waals surface area contributed by atoms with E-state index in [9.17, 15) is 12.8 Å². The lowest BCUT2D eigenvalue weighted by atomic mass is 10.3. The molecule has 0 heterocycles. The molecule has 1 aliphatic rings. The summed E-state index contributed by atoms with van der Waals surface area (Å²) in [6.45, 7) is 1.08. The summed E-state index contributed by atoms with van der Waals surface area (Å²) in [7, 11) is -3.77. The van der Waals surface area contributed by atoms with Crippen molar-refractivity contribution >= 4 is 26.0 Å². The molecule has 7 heteroatoms. The molecule has 0 saturated heterocycles. The first-order valence-electron chi connectivity index (χ1n) is 6.17. The molecule has 1 aliphatic carbocycles. The van der Waals surface area contributed by atoms with Crippen LogP contribution in [0.4, 0.5) is 4.39 Å². The van der Waals surface area contributed by atoms with E-state index in [1.165, 1.54) is 25.0 Å². The highest BCUT2D eigenvalue weighted by molar-refractivity contribution is 9.10. The zero-order valence-corrected chi connectivity index (χ0v) is 12.7. The molecule has 1 aromatic rings. The van der Waals surface area contributed by atoms with Crippen molar-refractivity contribution in [1.29, 1.82) is 0 Å². The maximum absolute atomic E-state index is 13.6. The monoisotopic (exact) mass is 350 g/mol. The molecule has 0 aliphatic heterocycles. The molecule has 106 valence electrons. The second kappa shape index (κ2) is 6.30. The Bertz CT molecular complexity index is 547. The van der Waals surface area contributed by atoms with Gasteiger partial charge in [-0.3, -0.25) is 0 Å². The molecule has 0 aromatic heterocycles. The molecule has 1 saturated carbocycles. The Morgan fingerprint density at radius 1 is 1.32 bits per heavy atom. The molecule has 0 radical (unpaired) electrons. The Hall–Kier alpha value is -0.500. The molecular formula is C12H16BrFN2O2S. The lowest BCUT2D eigenvalue weighted by Crippen LogP contribution is -2.28. The van der Waals surface area contributed by atoms with Crippen LogP contribution in [0.15, 0.2) is 27.6 Å². The standard InChI is InChI=1S/C12H16BrFN2O2S/c13-9-2-5-12(11(14)8-9)19(17,18)16-7-1-6-15-10-3-4-10/h2,5,8,10,15-16H,1,3-4,6-7H2. The fraction of sp³-hybridized carbons (Fsp3) is 0.500. The molecule has 2 rings (SSSR count). The number of benzene rings is 1. The molecule has 0 unspecified atom stereocenters. The zero-order valence-electron chi connectivity index (χ0n) is 10.3. The average molecular weight is 351 g/mol. The fourth-order valence-electron chi connectivity index (χ4n) is 1.66.